The summed E-state index contributed by atoms with van der Waals surface area (Å²) in [6.45, 7) is 0. The van der Waals surface area contributed by atoms with Crippen molar-refractivity contribution in [2.45, 2.75) is 10.7 Å². The van der Waals surface area contributed by atoms with E-state index in [1.807, 2.05) is 0 Å². The lowest BCUT2D eigenvalue weighted by Crippen LogP contribution is -2.17. The van der Waals surface area contributed by atoms with E-state index in [4.69, 9.17) is 0 Å². The van der Waals surface area contributed by atoms with Gasteiger partial charge in [0.1, 0.15) is 5.75 Å². The monoisotopic (exact) mass is 363 g/mol. The molecule has 0 aliphatic carbocycles. The van der Waals surface area contributed by atoms with Gasteiger partial charge in [0, 0.05) is 11.8 Å². The minimum atomic E-state index is -4.80. The summed E-state index contributed by atoms with van der Waals surface area (Å²) in [6.07, 6.45) is -2.38. The molecule has 2 heterocycles. The van der Waals surface area contributed by atoms with Gasteiger partial charge in [-0.1, -0.05) is 23.5 Å². The van der Waals surface area contributed by atoms with Gasteiger partial charge in [0.05, 0.1) is 11.9 Å². The molecule has 0 N–H and O–H groups in total. The fourth-order valence-electron chi connectivity index (χ4n) is 1.87. The molecule has 6 nitrogen and oxygen atoms in total. The molecule has 0 fully saturated rings. The number of rotatable bonds is 3. The fraction of sp³-hybridized carbons (Fsp3) is 0.167. The number of alkyl halides is 3. The van der Waals surface area contributed by atoms with Crippen molar-refractivity contribution in [3.63, 3.8) is 0 Å². The zero-order valence-corrected chi connectivity index (χ0v) is 13.0. The molecule has 0 atom stereocenters. The number of halogens is 3. The van der Waals surface area contributed by atoms with Gasteiger partial charge in [-0.05, 0) is 12.1 Å². The van der Waals surface area contributed by atoms with Gasteiger partial charge in [-0.2, -0.15) is 0 Å². The Morgan fingerprint density at radius 1 is 1.30 bits per heavy atom. The molecular weight excluding hydrogens is 355 g/mol. The van der Waals surface area contributed by atoms with Crippen molar-refractivity contribution in [1.29, 1.82) is 0 Å². The van der Waals surface area contributed by atoms with E-state index in [9.17, 15) is 21.6 Å². The van der Waals surface area contributed by atoms with Crippen molar-refractivity contribution in [2.75, 3.05) is 6.26 Å². The average molecular weight is 363 g/mol. The van der Waals surface area contributed by atoms with Gasteiger partial charge in [-0.3, -0.25) is 0 Å². The maximum absolute atomic E-state index is 12.3. The molecule has 0 spiro atoms. The summed E-state index contributed by atoms with van der Waals surface area (Å²) in [5.41, 5.74) is 0.725. The molecule has 0 amide bonds. The van der Waals surface area contributed by atoms with E-state index in [2.05, 4.69) is 14.8 Å². The highest BCUT2D eigenvalue weighted by Gasteiger charge is 2.31. The Morgan fingerprint density at radius 3 is 2.70 bits per heavy atom. The van der Waals surface area contributed by atoms with Gasteiger partial charge >= 0.3 is 6.36 Å². The number of hydrogen-bond acceptors (Lipinski definition) is 6. The lowest BCUT2D eigenvalue weighted by Gasteiger charge is -2.09. The summed E-state index contributed by atoms with van der Waals surface area (Å²) in [5, 5.41) is 3.95. The Morgan fingerprint density at radius 2 is 2.04 bits per heavy atom. The third-order valence-corrected chi connectivity index (χ3v) is 5.34. The second kappa shape index (κ2) is 5.20. The molecule has 0 saturated heterocycles. The largest absolute Gasteiger partial charge is 0.573 e. The van der Waals surface area contributed by atoms with E-state index in [-0.39, 0.29) is 10.1 Å². The standard InChI is InChI=1S/C12H8F3N3O3S2/c1-23(19,20)11-17-18-9(6-16-10(18)22-11)7-3-2-4-8(5-7)21-12(13,14)15/h2-6H,1H3. The zero-order chi connectivity index (χ0) is 16.8. The Kier molecular flexibility index (Phi) is 3.56. The van der Waals surface area contributed by atoms with Crippen LogP contribution in [0.4, 0.5) is 13.2 Å². The van der Waals surface area contributed by atoms with Gasteiger partial charge in [0.15, 0.2) is 0 Å². The highest BCUT2D eigenvalue weighted by molar-refractivity contribution is 7.92. The van der Waals surface area contributed by atoms with Crippen LogP contribution in [0, 0.1) is 0 Å². The van der Waals surface area contributed by atoms with Crippen molar-refractivity contribution < 1.29 is 26.3 Å². The van der Waals surface area contributed by atoms with Gasteiger partial charge < -0.3 is 4.74 Å². The molecule has 3 aromatic rings. The molecule has 1 aromatic carbocycles. The van der Waals surface area contributed by atoms with Gasteiger partial charge in [-0.25, -0.2) is 17.9 Å². The van der Waals surface area contributed by atoms with Crippen molar-refractivity contribution in [2.24, 2.45) is 0 Å². The molecule has 23 heavy (non-hydrogen) atoms. The lowest BCUT2D eigenvalue weighted by molar-refractivity contribution is -0.274. The van der Waals surface area contributed by atoms with Gasteiger partial charge in [0.2, 0.25) is 19.1 Å². The number of aromatic nitrogens is 3. The molecule has 0 radical (unpaired) electrons. The van der Waals surface area contributed by atoms with Gasteiger partial charge in [0.25, 0.3) is 0 Å². The quantitative estimate of drug-likeness (QED) is 0.715. The first kappa shape index (κ1) is 15.7. The van der Waals surface area contributed by atoms with Crippen LogP contribution in [0.5, 0.6) is 5.75 Å². The summed E-state index contributed by atoms with van der Waals surface area (Å²) < 4.78 is 64.9. The Bertz CT molecular complexity index is 976. The molecule has 0 unspecified atom stereocenters. The van der Waals surface area contributed by atoms with Crippen LogP contribution in [-0.4, -0.2) is 35.6 Å². The summed E-state index contributed by atoms with van der Waals surface area (Å²) in [6, 6.07) is 5.28. The molecule has 11 heteroatoms. The highest BCUT2D eigenvalue weighted by Crippen LogP contribution is 2.30. The van der Waals surface area contributed by atoms with Crippen molar-refractivity contribution in [3.05, 3.63) is 30.5 Å². The predicted octanol–water partition coefficient (Wildman–Crippen LogP) is 2.76. The minimum absolute atomic E-state index is 0.121. The summed E-state index contributed by atoms with van der Waals surface area (Å²) in [7, 11) is -3.49. The van der Waals surface area contributed by atoms with Crippen molar-refractivity contribution in [1.82, 2.24) is 14.6 Å². The minimum Gasteiger partial charge on any atom is -0.406 e. The molecular formula is C12H8F3N3O3S2. The van der Waals surface area contributed by atoms with Crippen LogP contribution in [0.15, 0.2) is 34.8 Å². The Balaban J connectivity index is 2.07. The van der Waals surface area contributed by atoms with Crippen LogP contribution in [0.25, 0.3) is 16.2 Å². The Hall–Kier alpha value is -2.14. The molecule has 0 bridgehead atoms. The van der Waals surface area contributed by atoms with Crippen molar-refractivity contribution in [3.8, 4) is 17.0 Å². The molecule has 122 valence electrons. The van der Waals surface area contributed by atoms with Crippen LogP contribution in [0.3, 0.4) is 0 Å². The topological polar surface area (TPSA) is 73.6 Å². The second-order valence-corrected chi connectivity index (χ2v) is 7.70. The van der Waals surface area contributed by atoms with E-state index in [0.29, 0.717) is 16.2 Å². The fourth-order valence-corrected chi connectivity index (χ4v) is 3.54. The second-order valence-electron chi connectivity index (χ2n) is 4.55. The summed E-state index contributed by atoms with van der Waals surface area (Å²) in [5.74, 6) is -0.386. The molecule has 3 rings (SSSR count). The first-order valence-electron chi connectivity index (χ1n) is 6.04. The number of sulfone groups is 1. The number of imidazole rings is 1. The Labute approximate surface area is 132 Å². The number of hydrogen-bond donors (Lipinski definition) is 0. The smallest absolute Gasteiger partial charge is 0.406 e. The van der Waals surface area contributed by atoms with E-state index >= 15 is 0 Å². The first-order valence-corrected chi connectivity index (χ1v) is 8.75. The zero-order valence-electron chi connectivity index (χ0n) is 11.4. The normalized spacial score (nSPS) is 12.7. The maximum atomic E-state index is 12.3. The number of nitrogens with zero attached hydrogens (tertiary/aromatic N) is 3. The third-order valence-electron chi connectivity index (χ3n) is 2.75. The maximum Gasteiger partial charge on any atom is 0.573 e. The van der Waals surface area contributed by atoms with E-state index in [0.717, 1.165) is 23.7 Å². The van der Waals surface area contributed by atoms with Crippen LogP contribution >= 0.6 is 11.3 Å². The van der Waals surface area contributed by atoms with Crippen LogP contribution in [0.2, 0.25) is 0 Å². The van der Waals surface area contributed by atoms with Crippen LogP contribution < -0.4 is 4.74 Å². The van der Waals surface area contributed by atoms with Gasteiger partial charge in [-0.15, -0.1) is 18.3 Å². The van der Waals surface area contributed by atoms with E-state index in [1.54, 1.807) is 6.07 Å². The summed E-state index contributed by atoms with van der Waals surface area (Å²) >= 11 is 0.875. The van der Waals surface area contributed by atoms with Crippen molar-refractivity contribution >= 4 is 26.1 Å². The SMILES string of the molecule is CS(=O)(=O)c1nn2c(-c3cccc(OC(F)(F)F)c3)cnc2s1. The molecule has 0 aliphatic heterocycles. The third kappa shape index (κ3) is 3.29. The number of benzene rings is 1. The molecule has 0 saturated carbocycles. The molecule has 2 aromatic heterocycles. The highest BCUT2D eigenvalue weighted by atomic mass is 32.2. The lowest BCUT2D eigenvalue weighted by atomic mass is 10.1. The van der Waals surface area contributed by atoms with E-state index < -0.39 is 16.2 Å². The average Bonchev–Trinajstić information content (AvgIpc) is 2.95. The summed E-state index contributed by atoms with van der Waals surface area (Å²) in [4.78, 5) is 4.35. The molecule has 0 aliphatic rings. The number of ether oxygens (including phenoxy) is 1. The van der Waals surface area contributed by atoms with Crippen LogP contribution in [-0.2, 0) is 9.84 Å². The number of fused-ring (bicyclic) bond motifs is 1. The van der Waals surface area contributed by atoms with Crippen LogP contribution in [0.1, 0.15) is 0 Å². The first-order chi connectivity index (χ1) is 10.6. The predicted molar refractivity (Wildman–Crippen MR) is 76.1 cm³/mol. The van der Waals surface area contributed by atoms with E-state index in [1.165, 1.54) is 22.8 Å².